The lowest BCUT2D eigenvalue weighted by Gasteiger charge is -2.19. The van der Waals surface area contributed by atoms with Gasteiger partial charge in [0.15, 0.2) is 0 Å². The molecule has 4 heteroatoms. The summed E-state index contributed by atoms with van der Waals surface area (Å²) in [6, 6.07) is 6.09. The molecule has 0 amide bonds. The Bertz CT molecular complexity index is 528. The van der Waals surface area contributed by atoms with Gasteiger partial charge in [0.05, 0.1) is 17.9 Å². The molecule has 1 atom stereocenters. The highest BCUT2D eigenvalue weighted by atomic mass is 35.5. The lowest BCUT2D eigenvalue weighted by Crippen LogP contribution is -2.24. The molecule has 1 aromatic heterocycles. The molecule has 0 saturated heterocycles. The quantitative estimate of drug-likeness (QED) is 0.907. The second kappa shape index (κ2) is 6.64. The fourth-order valence-corrected chi connectivity index (χ4v) is 2.33. The molecule has 0 spiro atoms. The molecule has 0 fully saturated rings. The summed E-state index contributed by atoms with van der Waals surface area (Å²) in [5, 5.41) is 4.24. The number of aryl methyl sites for hydroxylation is 1. The minimum Gasteiger partial charge on any atom is -0.305 e. The minimum absolute atomic E-state index is 0.0123. The normalized spacial score (nSPS) is 12.4. The van der Waals surface area contributed by atoms with E-state index in [0.717, 1.165) is 34.8 Å². The van der Waals surface area contributed by atoms with Crippen LogP contribution in [0.1, 0.15) is 36.2 Å². The molecule has 2 rings (SSSR count). The standard InChI is InChI=1S/C15H18ClN3/c1-3-6-19-15(14-10-17-7-8-18-14)12-5-4-11(2)9-13(12)16/h4-5,7-10,15,19H,3,6H2,1-2H3. The Kier molecular flexibility index (Phi) is 4.88. The Morgan fingerprint density at radius 3 is 2.79 bits per heavy atom. The molecular weight excluding hydrogens is 258 g/mol. The third-order valence-corrected chi connectivity index (χ3v) is 3.27. The van der Waals surface area contributed by atoms with Gasteiger partial charge in [-0.05, 0) is 37.1 Å². The molecule has 19 heavy (non-hydrogen) atoms. The van der Waals surface area contributed by atoms with Gasteiger partial charge in [-0.15, -0.1) is 0 Å². The average Bonchev–Trinajstić information content (AvgIpc) is 2.42. The van der Waals surface area contributed by atoms with Gasteiger partial charge in [-0.3, -0.25) is 9.97 Å². The van der Waals surface area contributed by atoms with Gasteiger partial charge in [-0.1, -0.05) is 30.7 Å². The van der Waals surface area contributed by atoms with Crippen LogP contribution in [0.2, 0.25) is 5.02 Å². The lowest BCUT2D eigenvalue weighted by molar-refractivity contribution is 0.584. The van der Waals surface area contributed by atoms with E-state index in [1.54, 1.807) is 18.6 Å². The van der Waals surface area contributed by atoms with Gasteiger partial charge in [0, 0.05) is 17.4 Å². The van der Waals surface area contributed by atoms with Gasteiger partial charge >= 0.3 is 0 Å². The summed E-state index contributed by atoms with van der Waals surface area (Å²) in [6.07, 6.45) is 6.22. The highest BCUT2D eigenvalue weighted by Gasteiger charge is 2.17. The van der Waals surface area contributed by atoms with E-state index >= 15 is 0 Å². The summed E-state index contributed by atoms with van der Waals surface area (Å²) >= 11 is 6.36. The Balaban J connectivity index is 2.37. The van der Waals surface area contributed by atoms with Gasteiger partial charge in [-0.25, -0.2) is 0 Å². The maximum Gasteiger partial charge on any atom is 0.0802 e. The van der Waals surface area contributed by atoms with Crippen LogP contribution in [0.4, 0.5) is 0 Å². The predicted molar refractivity (Wildman–Crippen MR) is 78.4 cm³/mol. The first-order valence-corrected chi connectivity index (χ1v) is 6.85. The van der Waals surface area contributed by atoms with Crippen molar-refractivity contribution in [3.8, 4) is 0 Å². The van der Waals surface area contributed by atoms with Gasteiger partial charge in [0.2, 0.25) is 0 Å². The van der Waals surface area contributed by atoms with Crippen molar-refractivity contribution in [2.75, 3.05) is 6.54 Å². The lowest BCUT2D eigenvalue weighted by atomic mass is 10.0. The van der Waals surface area contributed by atoms with E-state index in [9.17, 15) is 0 Å². The van der Waals surface area contributed by atoms with Crippen molar-refractivity contribution in [1.82, 2.24) is 15.3 Å². The molecule has 0 bridgehead atoms. The number of hydrogen-bond donors (Lipinski definition) is 1. The maximum absolute atomic E-state index is 6.36. The van der Waals surface area contributed by atoms with E-state index in [1.807, 2.05) is 13.0 Å². The highest BCUT2D eigenvalue weighted by molar-refractivity contribution is 6.31. The summed E-state index contributed by atoms with van der Waals surface area (Å²) in [5.41, 5.74) is 3.09. The molecule has 0 radical (unpaired) electrons. The van der Waals surface area contributed by atoms with Gasteiger partial charge < -0.3 is 5.32 Å². The molecule has 100 valence electrons. The molecule has 1 aromatic carbocycles. The van der Waals surface area contributed by atoms with Crippen molar-refractivity contribution in [2.45, 2.75) is 26.3 Å². The van der Waals surface area contributed by atoms with Crippen LogP contribution < -0.4 is 5.32 Å². The van der Waals surface area contributed by atoms with Crippen LogP contribution in [-0.4, -0.2) is 16.5 Å². The minimum atomic E-state index is -0.0123. The van der Waals surface area contributed by atoms with Crippen LogP contribution in [0.25, 0.3) is 0 Å². The molecular formula is C15H18ClN3. The van der Waals surface area contributed by atoms with Crippen LogP contribution in [-0.2, 0) is 0 Å². The van der Waals surface area contributed by atoms with E-state index < -0.39 is 0 Å². The Morgan fingerprint density at radius 1 is 1.32 bits per heavy atom. The molecule has 1 heterocycles. The summed E-state index contributed by atoms with van der Waals surface area (Å²) in [4.78, 5) is 8.53. The van der Waals surface area contributed by atoms with Crippen molar-refractivity contribution >= 4 is 11.6 Å². The molecule has 2 aromatic rings. The first kappa shape index (κ1) is 14.0. The second-order valence-electron chi connectivity index (χ2n) is 4.54. The molecule has 3 nitrogen and oxygen atoms in total. The van der Waals surface area contributed by atoms with Crippen LogP contribution in [0.5, 0.6) is 0 Å². The average molecular weight is 276 g/mol. The third kappa shape index (κ3) is 3.52. The SMILES string of the molecule is CCCNC(c1cnccn1)c1ccc(C)cc1Cl. The number of aromatic nitrogens is 2. The van der Waals surface area contributed by atoms with E-state index in [0.29, 0.717) is 0 Å². The topological polar surface area (TPSA) is 37.8 Å². The maximum atomic E-state index is 6.36. The third-order valence-electron chi connectivity index (χ3n) is 2.94. The van der Waals surface area contributed by atoms with E-state index in [4.69, 9.17) is 11.6 Å². The zero-order valence-corrected chi connectivity index (χ0v) is 12.0. The highest BCUT2D eigenvalue weighted by Crippen LogP contribution is 2.27. The van der Waals surface area contributed by atoms with Crippen molar-refractivity contribution in [3.63, 3.8) is 0 Å². The Hall–Kier alpha value is -1.45. The van der Waals surface area contributed by atoms with Crippen molar-refractivity contribution in [1.29, 1.82) is 0 Å². The number of nitrogens with zero attached hydrogens (tertiary/aromatic N) is 2. The first-order valence-electron chi connectivity index (χ1n) is 6.47. The molecule has 0 aliphatic rings. The van der Waals surface area contributed by atoms with Crippen LogP contribution in [0, 0.1) is 6.92 Å². The number of halogens is 1. The number of benzene rings is 1. The fraction of sp³-hybridized carbons (Fsp3) is 0.333. The molecule has 1 unspecified atom stereocenters. The fourth-order valence-electron chi connectivity index (χ4n) is 1.99. The summed E-state index contributed by atoms with van der Waals surface area (Å²) in [5.74, 6) is 0. The van der Waals surface area contributed by atoms with Crippen LogP contribution in [0.3, 0.4) is 0 Å². The summed E-state index contributed by atoms with van der Waals surface area (Å²) in [7, 11) is 0. The molecule has 0 saturated carbocycles. The van der Waals surface area contributed by atoms with E-state index in [2.05, 4.69) is 34.3 Å². The van der Waals surface area contributed by atoms with Crippen LogP contribution in [0.15, 0.2) is 36.8 Å². The summed E-state index contributed by atoms with van der Waals surface area (Å²) < 4.78 is 0. The second-order valence-corrected chi connectivity index (χ2v) is 4.95. The number of hydrogen-bond acceptors (Lipinski definition) is 3. The zero-order chi connectivity index (χ0) is 13.7. The molecule has 0 aliphatic carbocycles. The number of nitrogens with one attached hydrogen (secondary N) is 1. The Labute approximate surface area is 119 Å². The molecule has 1 N–H and O–H groups in total. The van der Waals surface area contributed by atoms with Gasteiger partial charge in [0.25, 0.3) is 0 Å². The van der Waals surface area contributed by atoms with Crippen molar-refractivity contribution < 1.29 is 0 Å². The number of rotatable bonds is 5. The van der Waals surface area contributed by atoms with Gasteiger partial charge in [0.1, 0.15) is 0 Å². The zero-order valence-electron chi connectivity index (χ0n) is 11.2. The van der Waals surface area contributed by atoms with Gasteiger partial charge in [-0.2, -0.15) is 0 Å². The smallest absolute Gasteiger partial charge is 0.0802 e. The largest absolute Gasteiger partial charge is 0.305 e. The van der Waals surface area contributed by atoms with E-state index in [-0.39, 0.29) is 6.04 Å². The predicted octanol–water partition coefficient (Wildman–Crippen LogP) is 3.53. The Morgan fingerprint density at radius 2 is 2.16 bits per heavy atom. The van der Waals surface area contributed by atoms with E-state index in [1.165, 1.54) is 0 Å². The first-order chi connectivity index (χ1) is 9.22. The monoisotopic (exact) mass is 275 g/mol. The van der Waals surface area contributed by atoms with Crippen molar-refractivity contribution in [2.24, 2.45) is 0 Å². The van der Waals surface area contributed by atoms with Crippen molar-refractivity contribution in [3.05, 3.63) is 58.6 Å². The van der Waals surface area contributed by atoms with Crippen LogP contribution >= 0.6 is 11.6 Å². The summed E-state index contributed by atoms with van der Waals surface area (Å²) in [6.45, 7) is 5.08. The molecule has 0 aliphatic heterocycles.